The molecule has 8 heteroatoms. The maximum absolute atomic E-state index is 5.84. The molecule has 0 radical (unpaired) electrons. The zero-order valence-electron chi connectivity index (χ0n) is 17.2. The zero-order chi connectivity index (χ0) is 21.4. The summed E-state index contributed by atoms with van der Waals surface area (Å²) in [5.41, 5.74) is 5.23. The number of rotatable bonds is 5. The highest BCUT2D eigenvalue weighted by atomic mass is 127. The van der Waals surface area contributed by atoms with Crippen molar-refractivity contribution < 1.29 is 9.47 Å². The highest BCUT2D eigenvalue weighted by Gasteiger charge is 2.44. The van der Waals surface area contributed by atoms with Gasteiger partial charge in [-0.05, 0) is 72.9 Å². The summed E-state index contributed by atoms with van der Waals surface area (Å²) in [7, 11) is 3.32. The van der Waals surface area contributed by atoms with E-state index in [1.807, 2.05) is 42.6 Å². The van der Waals surface area contributed by atoms with Gasteiger partial charge in [-0.2, -0.15) is 0 Å². The summed E-state index contributed by atoms with van der Waals surface area (Å²) in [4.78, 5) is 10.2. The van der Waals surface area contributed by atoms with Crippen LogP contribution in [0.15, 0.2) is 42.6 Å². The third-order valence-electron chi connectivity index (χ3n) is 5.38. The molecule has 1 fully saturated rings. The molecule has 3 heterocycles. The van der Waals surface area contributed by atoms with Crippen LogP contribution in [-0.2, 0) is 0 Å². The van der Waals surface area contributed by atoms with Gasteiger partial charge in [-0.25, -0.2) is 0 Å². The number of anilines is 1. The molecular formula is C22H23IN4O2S. The van der Waals surface area contributed by atoms with Crippen molar-refractivity contribution in [3.63, 3.8) is 0 Å². The van der Waals surface area contributed by atoms with Gasteiger partial charge in [0, 0.05) is 32.8 Å². The minimum Gasteiger partial charge on any atom is -0.497 e. The summed E-state index contributed by atoms with van der Waals surface area (Å²) >= 11 is 8.24. The second-order valence-electron chi connectivity index (χ2n) is 7.14. The van der Waals surface area contributed by atoms with Crippen LogP contribution in [0.3, 0.4) is 0 Å². The van der Waals surface area contributed by atoms with Gasteiger partial charge in [0.1, 0.15) is 11.5 Å². The van der Waals surface area contributed by atoms with Crippen molar-refractivity contribution >= 4 is 45.6 Å². The van der Waals surface area contributed by atoms with E-state index in [-0.39, 0.29) is 12.1 Å². The molecular weight excluding hydrogens is 511 g/mol. The molecule has 0 unspecified atom stereocenters. The number of ether oxygens (including phenoxy) is 2. The second kappa shape index (κ2) is 8.43. The number of aryl methyl sites for hydroxylation is 2. The monoisotopic (exact) mass is 534 g/mol. The van der Waals surface area contributed by atoms with Gasteiger partial charge in [0.25, 0.3) is 0 Å². The molecule has 1 saturated heterocycles. The molecule has 2 aromatic heterocycles. The van der Waals surface area contributed by atoms with Gasteiger partial charge in [0.2, 0.25) is 0 Å². The van der Waals surface area contributed by atoms with E-state index in [1.165, 1.54) is 9.13 Å². The molecule has 1 aromatic carbocycles. The number of halogens is 1. The fourth-order valence-electron chi connectivity index (χ4n) is 4.01. The van der Waals surface area contributed by atoms with E-state index < -0.39 is 0 Å². The van der Waals surface area contributed by atoms with Crippen LogP contribution in [0.1, 0.15) is 34.7 Å². The minimum absolute atomic E-state index is 0.106. The maximum atomic E-state index is 5.84. The highest BCUT2D eigenvalue weighted by molar-refractivity contribution is 14.1. The van der Waals surface area contributed by atoms with Gasteiger partial charge < -0.3 is 24.7 Å². The van der Waals surface area contributed by atoms with Gasteiger partial charge >= 0.3 is 0 Å². The van der Waals surface area contributed by atoms with Crippen LogP contribution >= 0.6 is 34.8 Å². The third kappa shape index (κ3) is 3.51. The number of pyridine rings is 1. The first kappa shape index (κ1) is 20.9. The predicted octanol–water partition coefficient (Wildman–Crippen LogP) is 4.83. The molecule has 156 valence electrons. The number of hydrogen-bond donors (Lipinski definition) is 2. The Morgan fingerprint density at radius 2 is 1.90 bits per heavy atom. The lowest BCUT2D eigenvalue weighted by atomic mass is 9.96. The number of nitrogens with zero attached hydrogens (tertiary/aromatic N) is 2. The number of H-pyrrole nitrogens is 1. The quantitative estimate of drug-likeness (QED) is 0.362. The van der Waals surface area contributed by atoms with Crippen LogP contribution in [0.2, 0.25) is 0 Å². The van der Waals surface area contributed by atoms with Crippen molar-refractivity contribution in [2.45, 2.75) is 25.9 Å². The van der Waals surface area contributed by atoms with Crippen LogP contribution in [-0.4, -0.2) is 29.3 Å². The highest BCUT2D eigenvalue weighted by Crippen LogP contribution is 2.47. The molecule has 2 atom stereocenters. The lowest BCUT2D eigenvalue weighted by molar-refractivity contribution is 0.403. The van der Waals surface area contributed by atoms with Gasteiger partial charge in [0.15, 0.2) is 5.11 Å². The van der Waals surface area contributed by atoms with E-state index in [9.17, 15) is 0 Å². The van der Waals surface area contributed by atoms with E-state index >= 15 is 0 Å². The lowest BCUT2D eigenvalue weighted by Crippen LogP contribution is -2.30. The van der Waals surface area contributed by atoms with E-state index in [0.29, 0.717) is 5.11 Å². The molecule has 3 aromatic rings. The van der Waals surface area contributed by atoms with Crippen LogP contribution < -0.4 is 19.7 Å². The molecule has 6 nitrogen and oxygen atoms in total. The van der Waals surface area contributed by atoms with Crippen LogP contribution in [0.25, 0.3) is 0 Å². The number of methoxy groups -OCH3 is 2. The minimum atomic E-state index is -0.114. The van der Waals surface area contributed by atoms with E-state index in [2.05, 4.69) is 56.6 Å². The lowest BCUT2D eigenvalue weighted by Gasteiger charge is -2.29. The largest absolute Gasteiger partial charge is 0.497 e. The molecule has 0 aliphatic carbocycles. The molecule has 0 spiro atoms. The Morgan fingerprint density at radius 1 is 1.10 bits per heavy atom. The fourth-order valence-corrected chi connectivity index (χ4v) is 5.21. The number of nitrogens with one attached hydrogen (secondary N) is 2. The first-order valence-corrected chi connectivity index (χ1v) is 11.0. The van der Waals surface area contributed by atoms with Crippen molar-refractivity contribution in [1.29, 1.82) is 0 Å². The number of aromatic amines is 1. The number of thiocarbonyl (C=S) groups is 1. The summed E-state index contributed by atoms with van der Waals surface area (Å²) < 4.78 is 12.4. The Morgan fingerprint density at radius 3 is 2.50 bits per heavy atom. The molecule has 4 rings (SSSR count). The van der Waals surface area contributed by atoms with Gasteiger partial charge in [-0.15, -0.1) is 0 Å². The van der Waals surface area contributed by atoms with Crippen molar-refractivity contribution in [2.24, 2.45) is 0 Å². The van der Waals surface area contributed by atoms with Gasteiger partial charge in [-0.3, -0.25) is 4.98 Å². The molecule has 0 saturated carbocycles. The normalized spacial score (nSPS) is 18.4. The Bertz CT molecular complexity index is 1090. The van der Waals surface area contributed by atoms with Crippen LogP contribution in [0, 0.1) is 17.4 Å². The summed E-state index contributed by atoms with van der Waals surface area (Å²) in [5.74, 6) is 1.47. The molecule has 0 amide bonds. The Labute approximate surface area is 195 Å². The summed E-state index contributed by atoms with van der Waals surface area (Å²) in [5, 5.41) is 4.12. The average molecular weight is 534 g/mol. The molecule has 30 heavy (non-hydrogen) atoms. The van der Waals surface area contributed by atoms with E-state index in [4.69, 9.17) is 21.7 Å². The molecule has 0 bridgehead atoms. The van der Waals surface area contributed by atoms with Crippen molar-refractivity contribution in [1.82, 2.24) is 15.3 Å². The first-order valence-electron chi connectivity index (χ1n) is 9.53. The summed E-state index contributed by atoms with van der Waals surface area (Å²) in [6.45, 7) is 4.19. The van der Waals surface area contributed by atoms with Crippen molar-refractivity contribution in [3.8, 4) is 11.5 Å². The summed E-state index contributed by atoms with van der Waals surface area (Å²) in [6, 6.07) is 11.5. The fraction of sp³-hybridized carbons (Fsp3) is 0.273. The van der Waals surface area contributed by atoms with E-state index in [1.54, 1.807) is 14.2 Å². The topological polar surface area (TPSA) is 62.4 Å². The molecule has 1 aliphatic heterocycles. The average Bonchev–Trinajstić information content (AvgIpc) is 3.22. The number of benzene rings is 1. The van der Waals surface area contributed by atoms with Gasteiger partial charge in [-0.1, -0.05) is 6.07 Å². The number of hydrogen-bond acceptors (Lipinski definition) is 4. The summed E-state index contributed by atoms with van der Waals surface area (Å²) in [6.07, 6.45) is 1.81. The van der Waals surface area contributed by atoms with Crippen molar-refractivity contribution in [2.75, 3.05) is 19.1 Å². The van der Waals surface area contributed by atoms with Gasteiger partial charge in [0.05, 0.1) is 37.7 Å². The SMILES string of the molecule is COc1ccc(OC)c(N2C(=S)N[C@H](c3ccccn3)[C@H]2c2c(C)[nH]c(C)c2I)c1. The second-order valence-corrected chi connectivity index (χ2v) is 8.60. The van der Waals surface area contributed by atoms with Crippen LogP contribution in [0.4, 0.5) is 5.69 Å². The van der Waals surface area contributed by atoms with Crippen LogP contribution in [0.5, 0.6) is 11.5 Å². The molecule has 2 N–H and O–H groups in total. The standard InChI is InChI=1S/C22H23IN4O2S/c1-12-18(19(23)13(2)25-12)21-20(15-7-5-6-10-24-15)26-22(30)27(21)16-11-14(28-3)8-9-17(16)29-4/h5-11,20-21,25H,1-4H3,(H,26,30)/t20-,21-/m1/s1. The maximum Gasteiger partial charge on any atom is 0.174 e. The Kier molecular flexibility index (Phi) is 5.88. The molecule has 1 aliphatic rings. The Hall–Kier alpha value is -2.33. The third-order valence-corrected chi connectivity index (χ3v) is 7.09. The Balaban J connectivity index is 1.94. The zero-order valence-corrected chi connectivity index (χ0v) is 20.2. The van der Waals surface area contributed by atoms with E-state index in [0.717, 1.165) is 34.3 Å². The predicted molar refractivity (Wildman–Crippen MR) is 130 cm³/mol. The van der Waals surface area contributed by atoms with Crippen molar-refractivity contribution in [3.05, 3.63) is 68.8 Å². The smallest absolute Gasteiger partial charge is 0.174 e. The number of aromatic nitrogens is 2. The first-order chi connectivity index (χ1) is 14.5.